The quantitative estimate of drug-likeness (QED) is 0.626. The van der Waals surface area contributed by atoms with Crippen LogP contribution in [0.4, 0.5) is 10.6 Å². The van der Waals surface area contributed by atoms with Crippen molar-refractivity contribution in [2.45, 2.75) is 51.9 Å². The number of benzene rings is 2. The highest BCUT2D eigenvalue weighted by atomic mass is 16.2. The van der Waals surface area contributed by atoms with E-state index in [1.54, 1.807) is 0 Å². The van der Waals surface area contributed by atoms with Crippen LogP contribution in [0.25, 0.3) is 11.0 Å². The minimum absolute atomic E-state index is 0.305. The van der Waals surface area contributed by atoms with E-state index in [-0.39, 0.29) is 0 Å². The Bertz CT molecular complexity index is 1080. The lowest BCUT2D eigenvalue weighted by Crippen LogP contribution is -2.35. The Morgan fingerprint density at radius 1 is 0.967 bits per heavy atom. The Morgan fingerprint density at radius 3 is 2.43 bits per heavy atom. The molecule has 0 spiro atoms. The third-order valence-electron chi connectivity index (χ3n) is 5.82. The summed E-state index contributed by atoms with van der Waals surface area (Å²) in [5.41, 5.74) is 4.99. The van der Waals surface area contributed by atoms with Gasteiger partial charge < -0.3 is 0 Å². The van der Waals surface area contributed by atoms with Crippen molar-refractivity contribution in [3.8, 4) is 0 Å². The molecule has 6 nitrogen and oxygen atoms in total. The maximum Gasteiger partial charge on any atom is 0.327 e. The topological polar surface area (TPSA) is 84.0 Å². The lowest BCUT2D eigenvalue weighted by atomic mass is 9.84. The molecule has 6 heteroatoms. The number of carbonyl (C=O) groups excluding carboxylic acids is 2. The van der Waals surface area contributed by atoms with Crippen molar-refractivity contribution in [2.75, 3.05) is 5.32 Å². The molecule has 2 aromatic carbocycles. The van der Waals surface area contributed by atoms with Crippen LogP contribution in [0.5, 0.6) is 0 Å². The molecule has 1 aliphatic carbocycles. The van der Waals surface area contributed by atoms with Crippen LogP contribution in [0, 0.1) is 13.8 Å². The number of nitrogens with one attached hydrogen (secondary N) is 2. The largest absolute Gasteiger partial charge is 0.327 e. The van der Waals surface area contributed by atoms with Gasteiger partial charge in [-0.1, -0.05) is 43.5 Å². The van der Waals surface area contributed by atoms with Crippen molar-refractivity contribution in [1.82, 2.24) is 15.3 Å². The van der Waals surface area contributed by atoms with Crippen molar-refractivity contribution in [1.29, 1.82) is 0 Å². The van der Waals surface area contributed by atoms with Gasteiger partial charge >= 0.3 is 6.03 Å². The Labute approximate surface area is 176 Å². The zero-order chi connectivity index (χ0) is 21.1. The molecule has 1 fully saturated rings. The normalized spacial score (nSPS) is 14.5. The van der Waals surface area contributed by atoms with E-state index in [2.05, 4.69) is 32.7 Å². The number of hydrogen-bond acceptors (Lipinski definition) is 4. The van der Waals surface area contributed by atoms with Gasteiger partial charge in [0.15, 0.2) is 5.82 Å². The Balaban J connectivity index is 1.45. The van der Waals surface area contributed by atoms with Gasteiger partial charge in [-0.05, 0) is 61.4 Å². The van der Waals surface area contributed by atoms with E-state index in [1.807, 2.05) is 38.1 Å². The van der Waals surface area contributed by atoms with Gasteiger partial charge in [0.1, 0.15) is 0 Å². The van der Waals surface area contributed by atoms with Crippen LogP contribution in [0.1, 0.15) is 65.1 Å². The summed E-state index contributed by atoms with van der Waals surface area (Å²) in [6.45, 7) is 3.69. The summed E-state index contributed by atoms with van der Waals surface area (Å²) < 4.78 is 0. The smallest absolute Gasteiger partial charge is 0.291 e. The fourth-order valence-corrected chi connectivity index (χ4v) is 4.26. The maximum absolute atomic E-state index is 12.5. The average Bonchev–Trinajstić information content (AvgIpc) is 2.73. The van der Waals surface area contributed by atoms with E-state index in [0.717, 1.165) is 16.6 Å². The summed E-state index contributed by atoms with van der Waals surface area (Å²) in [6.07, 6.45) is 7.88. The molecule has 1 saturated carbocycles. The number of imide groups is 1. The predicted molar refractivity (Wildman–Crippen MR) is 118 cm³/mol. The molecule has 1 aromatic heterocycles. The van der Waals surface area contributed by atoms with Gasteiger partial charge in [0.2, 0.25) is 0 Å². The lowest BCUT2D eigenvalue weighted by Gasteiger charge is -2.22. The minimum atomic E-state index is -0.630. The molecule has 0 radical (unpaired) electrons. The Morgan fingerprint density at radius 2 is 1.70 bits per heavy atom. The highest BCUT2D eigenvalue weighted by molar-refractivity contribution is 6.09. The predicted octanol–water partition coefficient (Wildman–Crippen LogP) is 5.26. The fourth-order valence-electron chi connectivity index (χ4n) is 4.26. The van der Waals surface area contributed by atoms with Crippen molar-refractivity contribution in [3.63, 3.8) is 0 Å². The van der Waals surface area contributed by atoms with E-state index in [1.165, 1.54) is 43.9 Å². The molecule has 1 heterocycles. The zero-order valence-electron chi connectivity index (χ0n) is 17.4. The molecule has 0 aliphatic heterocycles. The maximum atomic E-state index is 12.5. The second-order valence-corrected chi connectivity index (χ2v) is 8.01. The second-order valence-electron chi connectivity index (χ2n) is 8.01. The van der Waals surface area contributed by atoms with Gasteiger partial charge in [-0.25, -0.2) is 9.78 Å². The highest BCUT2D eigenvalue weighted by Gasteiger charge is 2.17. The Hall–Kier alpha value is -3.28. The Kier molecular flexibility index (Phi) is 5.74. The van der Waals surface area contributed by atoms with Gasteiger partial charge in [-0.2, -0.15) is 0 Å². The molecule has 0 bridgehead atoms. The molecule has 154 valence electrons. The van der Waals surface area contributed by atoms with Crippen LogP contribution in [-0.4, -0.2) is 21.9 Å². The lowest BCUT2D eigenvalue weighted by molar-refractivity contribution is 0.0966. The van der Waals surface area contributed by atoms with Crippen LogP contribution in [0.2, 0.25) is 0 Å². The number of hydrogen-bond donors (Lipinski definition) is 2. The van der Waals surface area contributed by atoms with Gasteiger partial charge in [0.05, 0.1) is 17.2 Å². The van der Waals surface area contributed by atoms with E-state index >= 15 is 0 Å². The van der Waals surface area contributed by atoms with Gasteiger partial charge in [0, 0.05) is 5.56 Å². The van der Waals surface area contributed by atoms with Crippen molar-refractivity contribution in [3.05, 3.63) is 64.8 Å². The van der Waals surface area contributed by atoms with Gasteiger partial charge in [-0.3, -0.25) is 20.4 Å². The summed E-state index contributed by atoms with van der Waals surface area (Å²) in [5, 5.41) is 4.98. The molecule has 2 N–H and O–H groups in total. The summed E-state index contributed by atoms with van der Waals surface area (Å²) in [4.78, 5) is 33.7. The third-order valence-corrected chi connectivity index (χ3v) is 5.82. The van der Waals surface area contributed by atoms with E-state index in [4.69, 9.17) is 0 Å². The fraction of sp³-hybridized carbons (Fsp3) is 0.333. The number of rotatable bonds is 3. The first kappa shape index (κ1) is 20.0. The highest BCUT2D eigenvalue weighted by Crippen LogP contribution is 2.33. The molecule has 4 rings (SSSR count). The first-order valence-electron chi connectivity index (χ1n) is 10.5. The number of amides is 3. The summed E-state index contributed by atoms with van der Waals surface area (Å²) in [7, 11) is 0. The molecule has 0 saturated heterocycles. The average molecular weight is 402 g/mol. The molecule has 1 aliphatic rings. The summed E-state index contributed by atoms with van der Waals surface area (Å²) in [6, 6.07) is 11.1. The van der Waals surface area contributed by atoms with Gasteiger partial charge in [0.25, 0.3) is 5.91 Å². The summed E-state index contributed by atoms with van der Waals surface area (Å²) in [5.74, 6) is 0.470. The second kappa shape index (κ2) is 8.61. The molecular weight excluding hydrogens is 376 g/mol. The monoisotopic (exact) mass is 402 g/mol. The number of aromatic nitrogens is 2. The summed E-state index contributed by atoms with van der Waals surface area (Å²) >= 11 is 0. The van der Waals surface area contributed by atoms with Crippen molar-refractivity contribution >= 4 is 28.8 Å². The molecule has 3 aromatic rings. The van der Waals surface area contributed by atoms with Crippen LogP contribution in [-0.2, 0) is 0 Å². The number of anilines is 1. The molecule has 0 unspecified atom stereocenters. The zero-order valence-corrected chi connectivity index (χ0v) is 17.4. The van der Waals surface area contributed by atoms with Crippen LogP contribution >= 0.6 is 0 Å². The van der Waals surface area contributed by atoms with Gasteiger partial charge in [-0.15, -0.1) is 0 Å². The SMILES string of the molecule is Cc1cccc(C)c1C(=O)NC(=O)Nc1cnc2cc(C3CCCCC3)ccc2n1. The van der Waals surface area contributed by atoms with E-state index < -0.39 is 11.9 Å². The number of urea groups is 1. The molecular formula is C24H26N4O2. The first-order chi connectivity index (χ1) is 14.5. The molecule has 0 atom stereocenters. The third kappa shape index (κ3) is 4.32. The molecule has 3 amide bonds. The van der Waals surface area contributed by atoms with Crippen molar-refractivity contribution in [2.24, 2.45) is 0 Å². The minimum Gasteiger partial charge on any atom is -0.291 e. The number of fused-ring (bicyclic) bond motifs is 1. The first-order valence-corrected chi connectivity index (χ1v) is 10.5. The number of aryl methyl sites for hydroxylation is 2. The van der Waals surface area contributed by atoms with E-state index in [9.17, 15) is 9.59 Å². The van der Waals surface area contributed by atoms with E-state index in [0.29, 0.717) is 22.8 Å². The van der Waals surface area contributed by atoms with Crippen LogP contribution in [0.3, 0.4) is 0 Å². The van der Waals surface area contributed by atoms with Crippen molar-refractivity contribution < 1.29 is 9.59 Å². The van der Waals surface area contributed by atoms with Crippen LogP contribution < -0.4 is 10.6 Å². The van der Waals surface area contributed by atoms with Crippen LogP contribution in [0.15, 0.2) is 42.6 Å². The number of nitrogens with zero attached hydrogens (tertiary/aromatic N) is 2. The standard InChI is InChI=1S/C24H26N4O2/c1-15-7-6-8-16(2)22(15)23(29)28-24(30)27-21-14-25-20-13-18(11-12-19(20)26-21)17-9-4-3-5-10-17/h6-8,11-14,17H,3-5,9-10H2,1-2H3,(H2,26,27,28,29,30). The molecule has 30 heavy (non-hydrogen) atoms. The number of carbonyl (C=O) groups is 2.